The maximum atomic E-state index is 6.35. The van der Waals surface area contributed by atoms with Gasteiger partial charge in [-0.2, -0.15) is 0 Å². The number of anilines is 1. The predicted octanol–water partition coefficient (Wildman–Crippen LogP) is 3.25. The maximum absolute atomic E-state index is 6.35. The molecule has 1 aliphatic heterocycles. The summed E-state index contributed by atoms with van der Waals surface area (Å²) in [5.41, 5.74) is 1.14. The highest BCUT2D eigenvalue weighted by atomic mass is 35.5. The molecule has 0 fully saturated rings. The molecular weight excluding hydrogens is 258 g/mol. The van der Waals surface area contributed by atoms with Gasteiger partial charge in [0.25, 0.3) is 0 Å². The normalized spacial score (nSPS) is 15.3. The van der Waals surface area contributed by atoms with Crippen LogP contribution in [0.3, 0.4) is 0 Å². The molecule has 2 heterocycles. The fourth-order valence-electron chi connectivity index (χ4n) is 2.14. The number of nitrogens with one attached hydrogen (secondary N) is 1. The average Bonchev–Trinajstić information content (AvgIpc) is 2.39. The van der Waals surface area contributed by atoms with Gasteiger partial charge in [-0.15, -0.1) is 0 Å². The molecule has 0 bridgehead atoms. The van der Waals surface area contributed by atoms with Crippen molar-refractivity contribution >= 4 is 17.4 Å². The lowest BCUT2D eigenvalue weighted by Crippen LogP contribution is -2.28. The van der Waals surface area contributed by atoms with E-state index in [0.717, 1.165) is 49.0 Å². The van der Waals surface area contributed by atoms with E-state index in [0.29, 0.717) is 5.92 Å². The molecule has 0 radical (unpaired) electrons. The number of halogens is 1. The molecule has 3 nitrogen and oxygen atoms in total. The minimum absolute atomic E-state index is 0.655. The van der Waals surface area contributed by atoms with Crippen LogP contribution in [-0.4, -0.2) is 24.6 Å². The summed E-state index contributed by atoms with van der Waals surface area (Å²) in [6.07, 6.45) is 7.36. The van der Waals surface area contributed by atoms with Crippen molar-refractivity contribution in [1.82, 2.24) is 10.3 Å². The van der Waals surface area contributed by atoms with E-state index in [1.807, 2.05) is 12.3 Å². The first kappa shape index (κ1) is 14.4. The van der Waals surface area contributed by atoms with Gasteiger partial charge in [0, 0.05) is 25.8 Å². The van der Waals surface area contributed by atoms with Gasteiger partial charge in [0.1, 0.15) is 5.82 Å². The van der Waals surface area contributed by atoms with Crippen molar-refractivity contribution in [3.05, 3.63) is 35.0 Å². The monoisotopic (exact) mass is 279 g/mol. The standard InChI is InChI=1S/C15H22ClN3/c1-12(2)9-17-10-13-8-14(16)15(18-11-13)19-6-4-3-5-7-19/h3-4,8,11-12,17H,5-7,9-10H2,1-2H3. The van der Waals surface area contributed by atoms with Crippen LogP contribution in [0.5, 0.6) is 0 Å². The number of hydrogen-bond acceptors (Lipinski definition) is 3. The van der Waals surface area contributed by atoms with Crippen molar-refractivity contribution in [3.8, 4) is 0 Å². The number of nitrogens with zero attached hydrogens (tertiary/aromatic N) is 2. The topological polar surface area (TPSA) is 28.2 Å². The second kappa shape index (κ2) is 6.92. The third kappa shape index (κ3) is 4.22. The first-order valence-corrected chi connectivity index (χ1v) is 7.29. The van der Waals surface area contributed by atoms with E-state index in [9.17, 15) is 0 Å². The average molecular weight is 280 g/mol. The minimum Gasteiger partial charge on any atom is -0.351 e. The van der Waals surface area contributed by atoms with Crippen LogP contribution in [0, 0.1) is 5.92 Å². The van der Waals surface area contributed by atoms with E-state index in [-0.39, 0.29) is 0 Å². The van der Waals surface area contributed by atoms with Crippen molar-refractivity contribution in [2.24, 2.45) is 5.92 Å². The first-order valence-electron chi connectivity index (χ1n) is 6.92. The molecule has 4 heteroatoms. The van der Waals surface area contributed by atoms with Gasteiger partial charge in [-0.3, -0.25) is 0 Å². The van der Waals surface area contributed by atoms with Gasteiger partial charge in [-0.1, -0.05) is 37.6 Å². The molecule has 0 amide bonds. The van der Waals surface area contributed by atoms with Crippen LogP contribution < -0.4 is 10.2 Å². The van der Waals surface area contributed by atoms with Gasteiger partial charge in [0.05, 0.1) is 5.02 Å². The first-order chi connectivity index (χ1) is 9.16. The van der Waals surface area contributed by atoms with Crippen LogP contribution in [0.15, 0.2) is 24.4 Å². The molecule has 0 atom stereocenters. The largest absolute Gasteiger partial charge is 0.351 e. The number of rotatable bonds is 5. The Morgan fingerprint density at radius 1 is 1.42 bits per heavy atom. The van der Waals surface area contributed by atoms with Gasteiger partial charge >= 0.3 is 0 Å². The van der Waals surface area contributed by atoms with Crippen LogP contribution in [0.1, 0.15) is 25.8 Å². The minimum atomic E-state index is 0.655. The lowest BCUT2D eigenvalue weighted by atomic mass is 10.2. The van der Waals surface area contributed by atoms with Crippen molar-refractivity contribution < 1.29 is 0 Å². The summed E-state index contributed by atoms with van der Waals surface area (Å²) in [5, 5.41) is 4.15. The zero-order valence-corrected chi connectivity index (χ0v) is 12.5. The summed E-state index contributed by atoms with van der Waals surface area (Å²) in [5.74, 6) is 1.56. The zero-order valence-electron chi connectivity index (χ0n) is 11.7. The van der Waals surface area contributed by atoms with Gasteiger partial charge in [0.15, 0.2) is 0 Å². The highest BCUT2D eigenvalue weighted by Gasteiger charge is 2.12. The summed E-state index contributed by atoms with van der Waals surface area (Å²) in [7, 11) is 0. The Labute approximate surface area is 120 Å². The van der Waals surface area contributed by atoms with E-state index in [1.54, 1.807) is 0 Å². The van der Waals surface area contributed by atoms with Gasteiger partial charge in [0.2, 0.25) is 0 Å². The molecule has 1 N–H and O–H groups in total. The summed E-state index contributed by atoms with van der Waals surface area (Å²) < 4.78 is 0. The smallest absolute Gasteiger partial charge is 0.147 e. The number of aromatic nitrogens is 1. The molecule has 0 saturated heterocycles. The molecule has 0 unspecified atom stereocenters. The SMILES string of the molecule is CC(C)CNCc1cnc(N2CC=CCC2)c(Cl)c1. The molecule has 104 valence electrons. The van der Waals surface area contributed by atoms with E-state index in [4.69, 9.17) is 11.6 Å². The van der Waals surface area contributed by atoms with Crippen LogP contribution in [0.25, 0.3) is 0 Å². The Bertz CT molecular complexity index is 443. The summed E-state index contributed by atoms with van der Waals surface area (Å²) in [4.78, 5) is 6.74. The van der Waals surface area contributed by atoms with Crippen molar-refractivity contribution in [3.63, 3.8) is 0 Å². The Balaban J connectivity index is 1.98. The van der Waals surface area contributed by atoms with Gasteiger partial charge in [-0.25, -0.2) is 4.98 Å². The quantitative estimate of drug-likeness (QED) is 0.839. The van der Waals surface area contributed by atoms with Crippen molar-refractivity contribution in [1.29, 1.82) is 0 Å². The van der Waals surface area contributed by atoms with Crippen molar-refractivity contribution in [2.75, 3.05) is 24.5 Å². The Morgan fingerprint density at radius 3 is 2.89 bits per heavy atom. The highest BCUT2D eigenvalue weighted by molar-refractivity contribution is 6.33. The molecule has 0 aromatic carbocycles. The predicted molar refractivity (Wildman–Crippen MR) is 81.8 cm³/mol. The van der Waals surface area contributed by atoms with E-state index < -0.39 is 0 Å². The van der Waals surface area contributed by atoms with E-state index in [2.05, 4.69) is 41.2 Å². The van der Waals surface area contributed by atoms with Crippen molar-refractivity contribution in [2.45, 2.75) is 26.8 Å². The second-order valence-electron chi connectivity index (χ2n) is 5.38. The molecule has 0 spiro atoms. The van der Waals surface area contributed by atoms with Gasteiger partial charge in [-0.05, 0) is 30.5 Å². The van der Waals surface area contributed by atoms with Crippen LogP contribution in [-0.2, 0) is 6.54 Å². The van der Waals surface area contributed by atoms with Gasteiger partial charge < -0.3 is 10.2 Å². The number of hydrogen-bond donors (Lipinski definition) is 1. The zero-order chi connectivity index (χ0) is 13.7. The van der Waals surface area contributed by atoms with Crippen LogP contribution >= 0.6 is 11.6 Å². The molecule has 2 rings (SSSR count). The molecule has 1 aromatic heterocycles. The summed E-state index contributed by atoms with van der Waals surface area (Å²) in [6, 6.07) is 2.02. The third-order valence-electron chi connectivity index (χ3n) is 3.12. The number of pyridine rings is 1. The lowest BCUT2D eigenvalue weighted by Gasteiger charge is -2.25. The molecule has 0 saturated carbocycles. The fraction of sp³-hybridized carbons (Fsp3) is 0.533. The molecule has 0 aliphatic carbocycles. The lowest BCUT2D eigenvalue weighted by molar-refractivity contribution is 0.552. The van der Waals surface area contributed by atoms with Crippen LogP contribution in [0.2, 0.25) is 5.02 Å². The molecular formula is C15H22ClN3. The Morgan fingerprint density at radius 2 is 2.26 bits per heavy atom. The molecule has 1 aliphatic rings. The van der Waals surface area contributed by atoms with Crippen LogP contribution in [0.4, 0.5) is 5.82 Å². The van der Waals surface area contributed by atoms with E-state index in [1.165, 1.54) is 0 Å². The second-order valence-corrected chi connectivity index (χ2v) is 5.79. The van der Waals surface area contributed by atoms with E-state index >= 15 is 0 Å². The third-order valence-corrected chi connectivity index (χ3v) is 3.40. The fourth-order valence-corrected chi connectivity index (χ4v) is 2.45. The molecule has 1 aromatic rings. The summed E-state index contributed by atoms with van der Waals surface area (Å²) >= 11 is 6.35. The highest BCUT2D eigenvalue weighted by Crippen LogP contribution is 2.25. The summed E-state index contributed by atoms with van der Waals surface area (Å²) in [6.45, 7) is 8.13. The Hall–Kier alpha value is -1.06. The molecule has 19 heavy (non-hydrogen) atoms. The maximum Gasteiger partial charge on any atom is 0.147 e. The Kier molecular flexibility index (Phi) is 5.23.